The van der Waals surface area contributed by atoms with Crippen LogP contribution in [0.3, 0.4) is 0 Å². The second-order valence-corrected chi connectivity index (χ2v) is 2.92. The first-order valence-corrected chi connectivity index (χ1v) is 4.09. The summed E-state index contributed by atoms with van der Waals surface area (Å²) in [5.41, 5.74) is 12.1. The van der Waals surface area contributed by atoms with Crippen molar-refractivity contribution < 1.29 is 4.79 Å². The van der Waals surface area contributed by atoms with Crippen LogP contribution in [-0.4, -0.2) is 15.9 Å². The van der Waals surface area contributed by atoms with Crippen LogP contribution in [0.4, 0.5) is 0 Å². The van der Waals surface area contributed by atoms with Crippen molar-refractivity contribution in [3.8, 4) is 0 Å². The van der Waals surface area contributed by atoms with Crippen LogP contribution in [0.25, 0.3) is 5.57 Å². The molecule has 0 atom stereocenters. The van der Waals surface area contributed by atoms with Gasteiger partial charge in [0.2, 0.25) is 0 Å². The van der Waals surface area contributed by atoms with E-state index < -0.39 is 5.91 Å². The lowest BCUT2D eigenvalue weighted by Gasteiger charge is -2.03. The van der Waals surface area contributed by atoms with Crippen LogP contribution < -0.4 is 11.5 Å². The van der Waals surface area contributed by atoms with Crippen LogP contribution in [0.2, 0.25) is 0 Å². The fourth-order valence-electron chi connectivity index (χ4n) is 1.11. The van der Waals surface area contributed by atoms with E-state index in [0.717, 1.165) is 17.6 Å². The van der Waals surface area contributed by atoms with Crippen LogP contribution in [0.5, 0.6) is 0 Å². The molecule has 74 valence electrons. The number of carbonyl (C=O) groups is 1. The average Bonchev–Trinajstić information content (AvgIpc) is 2.02. The Morgan fingerprint density at radius 2 is 1.86 bits per heavy atom. The highest BCUT2D eigenvalue weighted by Gasteiger charge is 2.11. The monoisotopic (exact) mass is 192 g/mol. The van der Waals surface area contributed by atoms with Gasteiger partial charge in [-0.3, -0.25) is 4.79 Å². The van der Waals surface area contributed by atoms with Crippen molar-refractivity contribution >= 4 is 11.5 Å². The van der Waals surface area contributed by atoms with Gasteiger partial charge in [0, 0.05) is 17.6 Å². The molecule has 14 heavy (non-hydrogen) atoms. The molecule has 1 rings (SSSR count). The lowest BCUT2D eigenvalue weighted by atomic mass is 10.2. The van der Waals surface area contributed by atoms with Gasteiger partial charge in [0.1, 0.15) is 0 Å². The zero-order valence-electron chi connectivity index (χ0n) is 8.11. The molecule has 1 aromatic rings. The molecule has 4 N–H and O–H groups in total. The van der Waals surface area contributed by atoms with E-state index in [4.69, 9.17) is 11.5 Å². The van der Waals surface area contributed by atoms with E-state index in [0.29, 0.717) is 0 Å². The minimum atomic E-state index is -0.627. The highest BCUT2D eigenvalue weighted by atomic mass is 16.1. The molecule has 0 unspecified atom stereocenters. The molecular formula is C9H12N4O. The lowest BCUT2D eigenvalue weighted by molar-refractivity contribution is -0.112. The molecule has 5 nitrogen and oxygen atoms in total. The van der Waals surface area contributed by atoms with Crippen LogP contribution in [-0.2, 0) is 4.79 Å². The quantitative estimate of drug-likeness (QED) is 0.638. The fraction of sp³-hybridized carbons (Fsp3) is 0.222. The van der Waals surface area contributed by atoms with Crippen molar-refractivity contribution in [1.29, 1.82) is 0 Å². The first kappa shape index (κ1) is 10.2. The molecule has 0 aliphatic rings. The number of nitrogens with two attached hydrogens (primary N) is 2. The van der Waals surface area contributed by atoms with E-state index in [9.17, 15) is 4.79 Å². The predicted octanol–water partition coefficient (Wildman–Crippen LogP) is -0.122. The SMILES string of the molecule is Cc1cc(C)nc(C(=CN)C(N)=O)n1. The molecule has 0 radical (unpaired) electrons. The van der Waals surface area contributed by atoms with Crippen molar-refractivity contribution in [2.75, 3.05) is 0 Å². The van der Waals surface area contributed by atoms with Crippen LogP contribution in [0, 0.1) is 13.8 Å². The first-order chi connectivity index (χ1) is 6.54. The number of rotatable bonds is 2. The number of hydrogen-bond donors (Lipinski definition) is 2. The van der Waals surface area contributed by atoms with E-state index in [1.54, 1.807) is 6.07 Å². The minimum Gasteiger partial charge on any atom is -0.404 e. The van der Waals surface area contributed by atoms with Crippen molar-refractivity contribution in [3.05, 3.63) is 29.5 Å². The van der Waals surface area contributed by atoms with Crippen molar-refractivity contribution in [3.63, 3.8) is 0 Å². The number of nitrogens with zero attached hydrogens (tertiary/aromatic N) is 2. The van der Waals surface area contributed by atoms with E-state index >= 15 is 0 Å². The Labute approximate surface area is 81.8 Å². The summed E-state index contributed by atoms with van der Waals surface area (Å²) in [6.45, 7) is 3.63. The summed E-state index contributed by atoms with van der Waals surface area (Å²) in [6.07, 6.45) is 1.12. The average molecular weight is 192 g/mol. The third-order valence-corrected chi connectivity index (χ3v) is 1.66. The van der Waals surface area contributed by atoms with Gasteiger partial charge in [-0.15, -0.1) is 0 Å². The second-order valence-electron chi connectivity index (χ2n) is 2.92. The summed E-state index contributed by atoms with van der Waals surface area (Å²) in [5, 5.41) is 0. The van der Waals surface area contributed by atoms with E-state index in [1.807, 2.05) is 13.8 Å². The standard InChI is InChI=1S/C9H12N4O/c1-5-3-6(2)13-9(12-5)7(4-10)8(11)14/h3-4H,10H2,1-2H3,(H2,11,14). The van der Waals surface area contributed by atoms with Crippen molar-refractivity contribution in [1.82, 2.24) is 9.97 Å². The first-order valence-electron chi connectivity index (χ1n) is 4.09. The number of primary amides is 1. The molecule has 0 spiro atoms. The summed E-state index contributed by atoms with van der Waals surface area (Å²) in [5.74, 6) is -0.352. The Kier molecular flexibility index (Phi) is 2.81. The Balaban J connectivity index is 3.24. The third-order valence-electron chi connectivity index (χ3n) is 1.66. The Morgan fingerprint density at radius 1 is 1.36 bits per heavy atom. The highest BCUT2D eigenvalue weighted by Crippen LogP contribution is 2.08. The minimum absolute atomic E-state index is 0.136. The normalized spacial score (nSPS) is 11.4. The summed E-state index contributed by atoms with van der Waals surface area (Å²) in [7, 11) is 0. The van der Waals surface area contributed by atoms with Crippen LogP contribution in [0.15, 0.2) is 12.3 Å². The van der Waals surface area contributed by atoms with Gasteiger partial charge < -0.3 is 11.5 Å². The van der Waals surface area contributed by atoms with Crippen molar-refractivity contribution in [2.45, 2.75) is 13.8 Å². The molecule has 0 saturated carbocycles. The van der Waals surface area contributed by atoms with Gasteiger partial charge in [-0.2, -0.15) is 0 Å². The molecule has 1 amide bonds. The third kappa shape index (κ3) is 2.07. The maximum Gasteiger partial charge on any atom is 0.254 e. The van der Waals surface area contributed by atoms with Gasteiger partial charge >= 0.3 is 0 Å². The van der Waals surface area contributed by atoms with Gasteiger partial charge in [-0.1, -0.05) is 0 Å². The van der Waals surface area contributed by atoms with Gasteiger partial charge in [0.25, 0.3) is 5.91 Å². The van der Waals surface area contributed by atoms with Crippen molar-refractivity contribution in [2.24, 2.45) is 11.5 Å². The van der Waals surface area contributed by atoms with Gasteiger partial charge in [-0.05, 0) is 19.9 Å². The Morgan fingerprint density at radius 3 is 2.21 bits per heavy atom. The summed E-state index contributed by atoms with van der Waals surface area (Å²) < 4.78 is 0. The number of amides is 1. The largest absolute Gasteiger partial charge is 0.404 e. The molecule has 0 aliphatic carbocycles. The molecule has 0 saturated heterocycles. The molecule has 1 aromatic heterocycles. The fourth-order valence-corrected chi connectivity index (χ4v) is 1.11. The zero-order valence-corrected chi connectivity index (χ0v) is 8.11. The highest BCUT2D eigenvalue weighted by molar-refractivity contribution is 6.17. The molecule has 5 heteroatoms. The number of aromatic nitrogens is 2. The molecule has 0 aromatic carbocycles. The second kappa shape index (κ2) is 3.87. The van der Waals surface area contributed by atoms with Crippen LogP contribution in [0.1, 0.15) is 17.2 Å². The molecular weight excluding hydrogens is 180 g/mol. The van der Waals surface area contributed by atoms with Gasteiger partial charge in [0.05, 0.1) is 5.57 Å². The lowest BCUT2D eigenvalue weighted by Crippen LogP contribution is -2.16. The molecule has 1 heterocycles. The van der Waals surface area contributed by atoms with Crippen LogP contribution >= 0.6 is 0 Å². The summed E-state index contributed by atoms with van der Waals surface area (Å²) >= 11 is 0. The van der Waals surface area contributed by atoms with Gasteiger partial charge in [-0.25, -0.2) is 9.97 Å². The smallest absolute Gasteiger partial charge is 0.254 e. The topological polar surface area (TPSA) is 94.9 Å². The van der Waals surface area contributed by atoms with E-state index in [-0.39, 0.29) is 11.4 Å². The maximum atomic E-state index is 10.9. The number of hydrogen-bond acceptors (Lipinski definition) is 4. The number of carbonyl (C=O) groups excluding carboxylic acids is 1. The maximum absolute atomic E-state index is 10.9. The zero-order chi connectivity index (χ0) is 10.7. The van der Waals surface area contributed by atoms with Gasteiger partial charge in [0.15, 0.2) is 5.82 Å². The van der Waals surface area contributed by atoms with E-state index in [2.05, 4.69) is 9.97 Å². The molecule has 0 fully saturated rings. The van der Waals surface area contributed by atoms with E-state index in [1.165, 1.54) is 0 Å². The predicted molar refractivity (Wildman–Crippen MR) is 52.9 cm³/mol. The molecule has 0 aliphatic heterocycles. The number of aryl methyl sites for hydroxylation is 2. The Hall–Kier alpha value is -1.91. The Bertz CT molecular complexity index is 378. The summed E-state index contributed by atoms with van der Waals surface area (Å²) in [6, 6.07) is 1.80. The molecule has 0 bridgehead atoms. The summed E-state index contributed by atoms with van der Waals surface area (Å²) in [4.78, 5) is 19.1.